The van der Waals surface area contributed by atoms with E-state index in [-0.39, 0.29) is 5.91 Å². The molecule has 5 aromatic rings. The molecule has 2 aliphatic heterocycles. The summed E-state index contributed by atoms with van der Waals surface area (Å²) < 4.78 is 7.21. The number of carbonyl (C=O) groups excluding carboxylic acids is 1. The van der Waals surface area contributed by atoms with E-state index in [0.717, 1.165) is 75.4 Å². The van der Waals surface area contributed by atoms with Crippen molar-refractivity contribution in [3.63, 3.8) is 0 Å². The monoisotopic (exact) mass is 548 g/mol. The molecule has 0 unspecified atom stereocenters. The first kappa shape index (κ1) is 25.6. The number of aromatic nitrogens is 6. The SMILES string of the molecule is O=C(c1ccc2[nH]nc(-c3cn(-c4ccc(CN5CCOCC5)cc4)nn3)c2c1)N1CCC(c2ccncc2)CC1. The standard InChI is InChI=1S/C31H32N8O2/c40-31(38-13-9-24(10-14-38)23-7-11-32-12-8-23)25-3-6-28-27(19-25)30(35-33-28)29-21-39(36-34-29)26-4-1-22(2-5-26)20-37-15-17-41-18-16-37/h1-8,11-12,19,21,24H,9-10,13-18,20H2,(H,33,35). The van der Waals surface area contributed by atoms with Crippen molar-refractivity contribution in [3.05, 3.63) is 89.9 Å². The van der Waals surface area contributed by atoms with Crippen LogP contribution in [0.15, 0.2) is 73.2 Å². The minimum absolute atomic E-state index is 0.0491. The molecule has 10 heteroatoms. The van der Waals surface area contributed by atoms with Crippen molar-refractivity contribution in [1.29, 1.82) is 0 Å². The predicted octanol–water partition coefficient (Wildman–Crippen LogP) is 4.06. The van der Waals surface area contributed by atoms with E-state index in [2.05, 4.69) is 66.8 Å². The van der Waals surface area contributed by atoms with Crippen LogP contribution < -0.4 is 0 Å². The summed E-state index contributed by atoms with van der Waals surface area (Å²) in [6, 6.07) is 18.3. The molecule has 2 aromatic carbocycles. The van der Waals surface area contributed by atoms with Crippen LogP contribution >= 0.6 is 0 Å². The van der Waals surface area contributed by atoms with Gasteiger partial charge in [-0.25, -0.2) is 4.68 Å². The molecule has 0 atom stereocenters. The molecule has 5 heterocycles. The zero-order chi connectivity index (χ0) is 27.6. The molecular formula is C31H32N8O2. The fourth-order valence-electron chi connectivity index (χ4n) is 5.85. The molecule has 0 saturated carbocycles. The van der Waals surface area contributed by atoms with Gasteiger partial charge in [0.25, 0.3) is 5.91 Å². The van der Waals surface area contributed by atoms with Crippen LogP contribution in [0.4, 0.5) is 0 Å². The molecule has 0 spiro atoms. The lowest BCUT2D eigenvalue weighted by atomic mass is 9.90. The summed E-state index contributed by atoms with van der Waals surface area (Å²) in [6.45, 7) is 5.90. The summed E-state index contributed by atoms with van der Waals surface area (Å²) in [6.07, 6.45) is 7.46. The number of likely N-dealkylation sites (tertiary alicyclic amines) is 1. The number of amides is 1. The number of benzene rings is 2. The number of nitrogens with one attached hydrogen (secondary N) is 1. The number of nitrogens with zero attached hydrogens (tertiary/aromatic N) is 7. The fraction of sp³-hybridized carbons (Fsp3) is 0.323. The molecular weight excluding hydrogens is 516 g/mol. The zero-order valence-corrected chi connectivity index (χ0v) is 22.8. The van der Waals surface area contributed by atoms with E-state index >= 15 is 0 Å². The Morgan fingerprint density at radius 3 is 2.51 bits per heavy atom. The van der Waals surface area contributed by atoms with Gasteiger partial charge < -0.3 is 9.64 Å². The zero-order valence-electron chi connectivity index (χ0n) is 22.8. The number of pyridine rings is 1. The smallest absolute Gasteiger partial charge is 0.253 e. The molecule has 1 amide bonds. The molecule has 0 bridgehead atoms. The van der Waals surface area contributed by atoms with Gasteiger partial charge in [-0.15, -0.1) is 5.10 Å². The number of carbonyl (C=O) groups is 1. The van der Waals surface area contributed by atoms with Gasteiger partial charge >= 0.3 is 0 Å². The third-order valence-corrected chi connectivity index (χ3v) is 8.22. The van der Waals surface area contributed by atoms with Gasteiger partial charge in [-0.3, -0.25) is 19.8 Å². The van der Waals surface area contributed by atoms with Crippen molar-refractivity contribution >= 4 is 16.8 Å². The Kier molecular flexibility index (Phi) is 7.00. The molecule has 0 aliphatic carbocycles. The van der Waals surface area contributed by atoms with Crippen LogP contribution in [-0.2, 0) is 11.3 Å². The summed E-state index contributed by atoms with van der Waals surface area (Å²) in [7, 11) is 0. The van der Waals surface area contributed by atoms with Gasteiger partial charge in [-0.2, -0.15) is 5.10 Å². The third-order valence-electron chi connectivity index (χ3n) is 8.22. The molecule has 2 aliphatic rings. The van der Waals surface area contributed by atoms with Gasteiger partial charge in [-0.05, 0) is 72.4 Å². The number of aromatic amines is 1. The molecule has 2 saturated heterocycles. The van der Waals surface area contributed by atoms with Crippen molar-refractivity contribution in [3.8, 4) is 17.1 Å². The van der Waals surface area contributed by atoms with Gasteiger partial charge in [0.15, 0.2) is 0 Å². The van der Waals surface area contributed by atoms with E-state index in [1.165, 1.54) is 11.1 Å². The average Bonchev–Trinajstić information content (AvgIpc) is 3.69. The predicted molar refractivity (Wildman–Crippen MR) is 155 cm³/mol. The Labute approximate surface area is 237 Å². The molecule has 10 nitrogen and oxygen atoms in total. The number of hydrogen-bond donors (Lipinski definition) is 1. The molecule has 41 heavy (non-hydrogen) atoms. The first-order valence-electron chi connectivity index (χ1n) is 14.2. The van der Waals surface area contributed by atoms with Crippen LogP contribution in [0.1, 0.15) is 40.2 Å². The Morgan fingerprint density at radius 1 is 0.951 bits per heavy atom. The average molecular weight is 549 g/mol. The number of piperidine rings is 1. The minimum atomic E-state index is 0.0491. The van der Waals surface area contributed by atoms with E-state index in [0.29, 0.717) is 22.9 Å². The van der Waals surface area contributed by atoms with Crippen molar-refractivity contribution in [1.82, 2.24) is 40.0 Å². The lowest BCUT2D eigenvalue weighted by Gasteiger charge is -2.32. The van der Waals surface area contributed by atoms with Crippen molar-refractivity contribution in [2.24, 2.45) is 0 Å². The normalized spacial score (nSPS) is 16.8. The highest BCUT2D eigenvalue weighted by Crippen LogP contribution is 2.30. The summed E-state index contributed by atoms with van der Waals surface area (Å²) in [5, 5.41) is 17.2. The molecule has 7 rings (SSSR count). The maximum absolute atomic E-state index is 13.4. The van der Waals surface area contributed by atoms with Crippen LogP contribution in [-0.4, -0.2) is 85.3 Å². The van der Waals surface area contributed by atoms with E-state index in [4.69, 9.17) is 4.74 Å². The van der Waals surface area contributed by atoms with E-state index in [9.17, 15) is 4.79 Å². The molecule has 0 radical (unpaired) electrons. The highest BCUT2D eigenvalue weighted by molar-refractivity contribution is 6.01. The van der Waals surface area contributed by atoms with Gasteiger partial charge in [0.1, 0.15) is 11.4 Å². The number of rotatable bonds is 6. The second-order valence-corrected chi connectivity index (χ2v) is 10.8. The lowest BCUT2D eigenvalue weighted by molar-refractivity contribution is 0.0342. The Morgan fingerprint density at radius 2 is 1.73 bits per heavy atom. The Balaban J connectivity index is 1.06. The summed E-state index contributed by atoms with van der Waals surface area (Å²) in [4.78, 5) is 21.9. The largest absolute Gasteiger partial charge is 0.379 e. The van der Waals surface area contributed by atoms with Crippen molar-refractivity contribution < 1.29 is 9.53 Å². The minimum Gasteiger partial charge on any atom is -0.379 e. The second-order valence-electron chi connectivity index (χ2n) is 10.8. The van der Waals surface area contributed by atoms with Gasteiger partial charge in [0.2, 0.25) is 0 Å². The van der Waals surface area contributed by atoms with Crippen molar-refractivity contribution in [2.75, 3.05) is 39.4 Å². The van der Waals surface area contributed by atoms with Crippen molar-refractivity contribution in [2.45, 2.75) is 25.3 Å². The summed E-state index contributed by atoms with van der Waals surface area (Å²) in [5.74, 6) is 0.515. The Hall–Kier alpha value is -4.41. The number of hydrogen-bond acceptors (Lipinski definition) is 7. The van der Waals surface area contributed by atoms with Gasteiger partial charge in [-0.1, -0.05) is 17.3 Å². The number of morpholine rings is 1. The van der Waals surface area contributed by atoms with Crippen LogP contribution in [0.3, 0.4) is 0 Å². The van der Waals surface area contributed by atoms with Crippen LogP contribution in [0.2, 0.25) is 0 Å². The van der Waals surface area contributed by atoms with E-state index < -0.39 is 0 Å². The highest BCUT2D eigenvalue weighted by atomic mass is 16.5. The number of H-pyrrole nitrogens is 1. The molecule has 1 N–H and O–H groups in total. The Bertz CT molecular complexity index is 1630. The quantitative estimate of drug-likeness (QED) is 0.341. The summed E-state index contributed by atoms with van der Waals surface area (Å²) in [5.41, 5.74) is 6.33. The van der Waals surface area contributed by atoms with E-state index in [1.807, 2.05) is 41.7 Å². The number of ether oxygens (including phenoxy) is 1. The van der Waals surface area contributed by atoms with Gasteiger partial charge in [0.05, 0.1) is 30.6 Å². The molecule has 3 aromatic heterocycles. The highest BCUT2D eigenvalue weighted by Gasteiger charge is 2.25. The lowest BCUT2D eigenvalue weighted by Crippen LogP contribution is -2.37. The molecule has 2 fully saturated rings. The summed E-state index contributed by atoms with van der Waals surface area (Å²) >= 11 is 0. The van der Waals surface area contributed by atoms with Crippen LogP contribution in [0.25, 0.3) is 28.0 Å². The van der Waals surface area contributed by atoms with E-state index in [1.54, 1.807) is 4.68 Å². The maximum Gasteiger partial charge on any atom is 0.253 e. The fourth-order valence-corrected chi connectivity index (χ4v) is 5.85. The van der Waals surface area contributed by atoms with Crippen LogP contribution in [0.5, 0.6) is 0 Å². The third kappa shape index (κ3) is 5.36. The van der Waals surface area contributed by atoms with Crippen LogP contribution in [0, 0.1) is 0 Å². The first-order valence-corrected chi connectivity index (χ1v) is 14.2. The maximum atomic E-state index is 13.4. The van der Waals surface area contributed by atoms with Gasteiger partial charge in [0, 0.05) is 56.1 Å². The molecule has 208 valence electrons. The first-order chi connectivity index (χ1) is 20.2. The number of fused-ring (bicyclic) bond motifs is 1. The second kappa shape index (κ2) is 11.2. The topological polar surface area (TPSA) is 105 Å².